The van der Waals surface area contributed by atoms with Crippen LogP contribution in [0.3, 0.4) is 0 Å². The minimum Gasteiger partial charge on any atom is -0.495 e. The number of benzene rings is 3. The van der Waals surface area contributed by atoms with Crippen LogP contribution >= 0.6 is 23.5 Å². The molecule has 4 heteroatoms. The first kappa shape index (κ1) is 16.0. The van der Waals surface area contributed by atoms with Gasteiger partial charge in [0.15, 0.2) is 0 Å². The lowest BCUT2D eigenvalue weighted by atomic mass is 10.1. The number of halogens is 1. The van der Waals surface area contributed by atoms with E-state index < -0.39 is 0 Å². The highest BCUT2D eigenvalue weighted by Gasteiger charge is 2.11. The van der Waals surface area contributed by atoms with Crippen LogP contribution in [0.2, 0.25) is 5.02 Å². The summed E-state index contributed by atoms with van der Waals surface area (Å²) in [6.45, 7) is 4.22. The lowest BCUT2D eigenvalue weighted by Crippen LogP contribution is -1.93. The molecule has 0 saturated carbocycles. The van der Waals surface area contributed by atoms with Crippen molar-refractivity contribution in [3.8, 4) is 5.75 Å². The second-order valence-electron chi connectivity index (χ2n) is 5.46. The molecular formula is C19H18ClNOS. The van der Waals surface area contributed by atoms with Crippen molar-refractivity contribution in [2.24, 2.45) is 0 Å². The van der Waals surface area contributed by atoms with E-state index in [2.05, 4.69) is 42.8 Å². The topological polar surface area (TPSA) is 21.3 Å². The maximum atomic E-state index is 6.37. The van der Waals surface area contributed by atoms with Crippen LogP contribution < -0.4 is 9.46 Å². The summed E-state index contributed by atoms with van der Waals surface area (Å²) in [5.41, 5.74) is 3.51. The number of hydrogen-bond donors (Lipinski definition) is 1. The highest BCUT2D eigenvalue weighted by Crippen LogP contribution is 2.39. The van der Waals surface area contributed by atoms with Crippen LogP contribution in [0.25, 0.3) is 10.8 Å². The number of fused-ring (bicyclic) bond motifs is 1. The van der Waals surface area contributed by atoms with E-state index in [1.54, 1.807) is 19.1 Å². The summed E-state index contributed by atoms with van der Waals surface area (Å²) in [5.74, 6) is 0.712. The average molecular weight is 344 g/mol. The van der Waals surface area contributed by atoms with Crippen LogP contribution in [0.4, 0.5) is 5.69 Å². The van der Waals surface area contributed by atoms with E-state index in [0.717, 1.165) is 16.5 Å². The average Bonchev–Trinajstić information content (AvgIpc) is 2.54. The first-order valence-electron chi connectivity index (χ1n) is 7.35. The summed E-state index contributed by atoms with van der Waals surface area (Å²) in [5, 5.41) is 2.70. The van der Waals surface area contributed by atoms with Crippen molar-refractivity contribution in [1.82, 2.24) is 0 Å². The quantitative estimate of drug-likeness (QED) is 0.567. The van der Waals surface area contributed by atoms with Crippen molar-refractivity contribution in [3.05, 3.63) is 64.7 Å². The normalized spacial score (nSPS) is 10.8. The number of anilines is 1. The Morgan fingerprint density at radius 2 is 1.74 bits per heavy atom. The Labute approximate surface area is 145 Å². The SMILES string of the molecule is COc1c(Cl)cc(NSc2ccc(C)cc2C)c2ccccc12. The van der Waals surface area contributed by atoms with E-state index in [1.807, 2.05) is 24.3 Å². The number of nitrogens with one attached hydrogen (secondary N) is 1. The summed E-state index contributed by atoms with van der Waals surface area (Å²) in [6, 6.07) is 16.4. The van der Waals surface area contributed by atoms with Crippen LogP contribution in [0.5, 0.6) is 5.75 Å². The zero-order valence-corrected chi connectivity index (χ0v) is 14.9. The van der Waals surface area contributed by atoms with Crippen molar-refractivity contribution >= 4 is 40.0 Å². The Morgan fingerprint density at radius 1 is 1.00 bits per heavy atom. The number of aryl methyl sites for hydroxylation is 2. The molecule has 2 nitrogen and oxygen atoms in total. The molecule has 0 aliphatic rings. The van der Waals surface area contributed by atoms with E-state index in [-0.39, 0.29) is 0 Å². The Morgan fingerprint density at radius 3 is 2.43 bits per heavy atom. The van der Waals surface area contributed by atoms with Crippen molar-refractivity contribution in [3.63, 3.8) is 0 Å². The fourth-order valence-corrected chi connectivity index (χ4v) is 3.66. The molecule has 1 N–H and O–H groups in total. The second kappa shape index (κ2) is 6.73. The Kier molecular flexibility index (Phi) is 4.69. The molecule has 0 bridgehead atoms. The lowest BCUT2D eigenvalue weighted by Gasteiger charge is -2.14. The third-order valence-electron chi connectivity index (χ3n) is 3.76. The van der Waals surface area contributed by atoms with Gasteiger partial charge in [0.1, 0.15) is 5.75 Å². The molecular weight excluding hydrogens is 326 g/mol. The second-order valence-corrected chi connectivity index (χ2v) is 6.71. The van der Waals surface area contributed by atoms with E-state index in [9.17, 15) is 0 Å². The molecule has 3 aromatic rings. The molecule has 0 radical (unpaired) electrons. The maximum Gasteiger partial charge on any atom is 0.145 e. The monoisotopic (exact) mass is 343 g/mol. The minimum absolute atomic E-state index is 0.606. The minimum atomic E-state index is 0.606. The Bertz CT molecular complexity index is 863. The van der Waals surface area contributed by atoms with Gasteiger partial charge in [-0.25, -0.2) is 0 Å². The van der Waals surface area contributed by atoms with E-state index in [0.29, 0.717) is 10.8 Å². The predicted molar refractivity (Wildman–Crippen MR) is 101 cm³/mol. The third kappa shape index (κ3) is 3.26. The highest BCUT2D eigenvalue weighted by molar-refractivity contribution is 8.00. The zero-order chi connectivity index (χ0) is 16.4. The maximum absolute atomic E-state index is 6.37. The van der Waals surface area contributed by atoms with Gasteiger partial charge < -0.3 is 9.46 Å². The van der Waals surface area contributed by atoms with Crippen LogP contribution in [0, 0.1) is 13.8 Å². The molecule has 0 amide bonds. The van der Waals surface area contributed by atoms with E-state index >= 15 is 0 Å². The van der Waals surface area contributed by atoms with Gasteiger partial charge >= 0.3 is 0 Å². The largest absolute Gasteiger partial charge is 0.495 e. The summed E-state index contributed by atoms with van der Waals surface area (Å²) in [7, 11) is 1.64. The molecule has 0 aromatic heterocycles. The number of ether oxygens (including phenoxy) is 1. The van der Waals surface area contributed by atoms with Gasteiger partial charge in [-0.3, -0.25) is 0 Å². The molecule has 23 heavy (non-hydrogen) atoms. The van der Waals surface area contributed by atoms with Crippen LogP contribution in [-0.2, 0) is 0 Å². The molecule has 118 valence electrons. The molecule has 0 aliphatic carbocycles. The molecule has 3 aromatic carbocycles. The van der Waals surface area contributed by atoms with Gasteiger partial charge in [-0.1, -0.05) is 53.6 Å². The Hall–Kier alpha value is -1.84. The molecule has 0 atom stereocenters. The molecule has 0 saturated heterocycles. The smallest absolute Gasteiger partial charge is 0.145 e. The molecule has 0 heterocycles. The summed E-state index contributed by atoms with van der Waals surface area (Å²) in [4.78, 5) is 1.20. The first-order valence-corrected chi connectivity index (χ1v) is 8.55. The van der Waals surface area contributed by atoms with E-state index in [4.69, 9.17) is 16.3 Å². The first-order chi connectivity index (χ1) is 11.1. The fraction of sp³-hybridized carbons (Fsp3) is 0.158. The number of methoxy groups -OCH3 is 1. The number of hydrogen-bond acceptors (Lipinski definition) is 3. The summed E-state index contributed by atoms with van der Waals surface area (Å²) >= 11 is 7.96. The summed E-state index contributed by atoms with van der Waals surface area (Å²) in [6.07, 6.45) is 0. The Balaban J connectivity index is 1.97. The molecule has 0 unspecified atom stereocenters. The molecule has 0 spiro atoms. The van der Waals surface area contributed by atoms with E-state index in [1.165, 1.54) is 16.0 Å². The standard InChI is InChI=1S/C19H18ClNOS/c1-12-8-9-18(13(2)10-12)23-21-17-11-16(20)19(22-3)15-7-5-4-6-14(15)17/h4-11,21H,1-3H3. The van der Waals surface area contributed by atoms with Crippen molar-refractivity contribution in [2.75, 3.05) is 11.8 Å². The molecule has 3 rings (SSSR count). The van der Waals surface area contributed by atoms with Crippen LogP contribution in [-0.4, -0.2) is 7.11 Å². The van der Waals surface area contributed by atoms with Crippen LogP contribution in [0.1, 0.15) is 11.1 Å². The zero-order valence-electron chi connectivity index (χ0n) is 13.3. The van der Waals surface area contributed by atoms with Gasteiger partial charge in [-0.05, 0) is 43.5 Å². The number of rotatable bonds is 4. The van der Waals surface area contributed by atoms with Crippen molar-refractivity contribution in [1.29, 1.82) is 0 Å². The van der Waals surface area contributed by atoms with Gasteiger partial charge in [-0.15, -0.1) is 0 Å². The van der Waals surface area contributed by atoms with Crippen molar-refractivity contribution in [2.45, 2.75) is 18.7 Å². The van der Waals surface area contributed by atoms with Gasteiger partial charge in [0.05, 0.1) is 17.8 Å². The molecule has 0 fully saturated rings. The third-order valence-corrected chi connectivity index (χ3v) is 5.04. The van der Waals surface area contributed by atoms with Crippen LogP contribution in [0.15, 0.2) is 53.4 Å². The highest BCUT2D eigenvalue weighted by atomic mass is 35.5. The lowest BCUT2D eigenvalue weighted by molar-refractivity contribution is 0.420. The summed E-state index contributed by atoms with van der Waals surface area (Å²) < 4.78 is 8.87. The van der Waals surface area contributed by atoms with Gasteiger partial charge in [0.2, 0.25) is 0 Å². The molecule has 0 aliphatic heterocycles. The van der Waals surface area contributed by atoms with Gasteiger partial charge in [-0.2, -0.15) is 0 Å². The fourth-order valence-electron chi connectivity index (χ4n) is 2.63. The predicted octanol–water partition coefficient (Wildman–Crippen LogP) is 6.24. The van der Waals surface area contributed by atoms with Gasteiger partial charge in [0.25, 0.3) is 0 Å². The van der Waals surface area contributed by atoms with Crippen molar-refractivity contribution < 1.29 is 4.74 Å². The van der Waals surface area contributed by atoms with Gasteiger partial charge in [0, 0.05) is 15.7 Å².